The maximum Gasteiger partial charge on any atom is 0.185 e. The summed E-state index contributed by atoms with van der Waals surface area (Å²) in [5.41, 5.74) is 1.11. The lowest BCUT2D eigenvalue weighted by molar-refractivity contribution is 0.141. The molecule has 0 radical (unpaired) electrons. The van der Waals surface area contributed by atoms with Crippen LogP contribution in [0.3, 0.4) is 0 Å². The Labute approximate surface area is 126 Å². The number of aryl methyl sites for hydroxylation is 1. The van der Waals surface area contributed by atoms with Gasteiger partial charge in [0.1, 0.15) is 0 Å². The van der Waals surface area contributed by atoms with Gasteiger partial charge in [-0.05, 0) is 27.8 Å². The van der Waals surface area contributed by atoms with Crippen molar-refractivity contribution < 1.29 is 9.47 Å². The fourth-order valence-electron chi connectivity index (χ4n) is 1.81. The molecule has 6 heteroatoms. The summed E-state index contributed by atoms with van der Waals surface area (Å²) >= 11 is 1.75. The highest BCUT2D eigenvalue weighted by Gasteiger charge is 2.13. The van der Waals surface area contributed by atoms with Crippen LogP contribution < -0.4 is 10.2 Å². The molecule has 0 spiro atoms. The largest absolute Gasteiger partial charge is 0.380 e. The molecule has 0 bridgehead atoms. The molecule has 0 aliphatic heterocycles. The number of nitrogens with one attached hydrogen (secondary N) is 1. The van der Waals surface area contributed by atoms with Crippen LogP contribution >= 0.6 is 11.3 Å². The van der Waals surface area contributed by atoms with Gasteiger partial charge in [-0.1, -0.05) is 0 Å². The van der Waals surface area contributed by atoms with Crippen LogP contribution in [0.25, 0.3) is 0 Å². The summed E-state index contributed by atoms with van der Waals surface area (Å²) in [6.45, 7) is 11.6. The van der Waals surface area contributed by atoms with E-state index >= 15 is 0 Å². The first-order chi connectivity index (χ1) is 9.72. The molecule has 5 nitrogen and oxygen atoms in total. The number of rotatable bonds is 11. The van der Waals surface area contributed by atoms with Crippen LogP contribution in [0.1, 0.15) is 24.4 Å². The summed E-state index contributed by atoms with van der Waals surface area (Å²) in [6, 6.07) is 0. The average Bonchev–Trinajstić information content (AvgIpc) is 2.79. The van der Waals surface area contributed by atoms with Gasteiger partial charge in [-0.3, -0.25) is 0 Å². The minimum atomic E-state index is 0.725. The highest BCUT2D eigenvalue weighted by molar-refractivity contribution is 7.15. The van der Waals surface area contributed by atoms with Gasteiger partial charge in [0.05, 0.1) is 18.9 Å². The molecule has 0 aliphatic rings. The second kappa shape index (κ2) is 10.1. The van der Waals surface area contributed by atoms with Crippen LogP contribution in [-0.2, 0) is 16.0 Å². The lowest BCUT2D eigenvalue weighted by atomic mass is 10.4. The molecule has 20 heavy (non-hydrogen) atoms. The third-order valence-corrected chi connectivity index (χ3v) is 4.13. The van der Waals surface area contributed by atoms with Gasteiger partial charge in [0.2, 0.25) is 0 Å². The van der Waals surface area contributed by atoms with Gasteiger partial charge in [0.25, 0.3) is 0 Å². The maximum atomic E-state index is 5.46. The number of thiazole rings is 1. The fraction of sp³-hybridized carbons (Fsp3) is 0.786. The first-order valence-electron chi connectivity index (χ1n) is 7.24. The van der Waals surface area contributed by atoms with E-state index in [2.05, 4.69) is 22.1 Å². The predicted octanol–water partition coefficient (Wildman–Crippen LogP) is 2.05. The SMILES string of the molecule is CCOCCN(CCOCC)c1nc(C)c(CNC)s1. The number of aromatic nitrogens is 1. The molecule has 0 unspecified atom stereocenters. The van der Waals surface area contributed by atoms with Gasteiger partial charge in [-0.15, -0.1) is 11.3 Å². The van der Waals surface area contributed by atoms with Crippen LogP contribution in [0.4, 0.5) is 5.13 Å². The van der Waals surface area contributed by atoms with E-state index in [1.165, 1.54) is 4.88 Å². The van der Waals surface area contributed by atoms with Crippen LogP contribution in [0, 0.1) is 6.92 Å². The van der Waals surface area contributed by atoms with Gasteiger partial charge in [0.15, 0.2) is 5.13 Å². The van der Waals surface area contributed by atoms with Crippen LogP contribution in [0.2, 0.25) is 0 Å². The van der Waals surface area contributed by atoms with E-state index in [1.807, 2.05) is 20.9 Å². The van der Waals surface area contributed by atoms with E-state index in [0.29, 0.717) is 0 Å². The first kappa shape index (κ1) is 17.4. The van der Waals surface area contributed by atoms with Crippen molar-refractivity contribution >= 4 is 16.5 Å². The number of ether oxygens (including phenoxy) is 2. The standard InChI is InChI=1S/C14H27N3O2S/c1-5-18-9-7-17(8-10-19-6-2)14-16-12(3)13(20-14)11-15-4/h15H,5-11H2,1-4H3. The van der Waals surface area contributed by atoms with Crippen molar-refractivity contribution in [2.24, 2.45) is 0 Å². The highest BCUT2D eigenvalue weighted by Crippen LogP contribution is 2.25. The van der Waals surface area contributed by atoms with Crippen molar-refractivity contribution in [2.45, 2.75) is 27.3 Å². The van der Waals surface area contributed by atoms with Crippen molar-refractivity contribution in [3.63, 3.8) is 0 Å². The Hall–Kier alpha value is -0.690. The summed E-state index contributed by atoms with van der Waals surface area (Å²) in [5, 5.41) is 4.25. The number of anilines is 1. The third-order valence-electron chi connectivity index (χ3n) is 2.91. The summed E-state index contributed by atoms with van der Waals surface area (Å²) in [6.07, 6.45) is 0. The molecule has 0 aromatic carbocycles. The quantitative estimate of drug-likeness (QED) is 0.634. The fourth-order valence-corrected chi connectivity index (χ4v) is 2.94. The molecule has 0 aliphatic carbocycles. The molecule has 0 saturated heterocycles. The monoisotopic (exact) mass is 301 g/mol. The van der Waals surface area contributed by atoms with Crippen molar-refractivity contribution in [1.29, 1.82) is 0 Å². The van der Waals surface area contributed by atoms with Crippen LogP contribution in [-0.4, -0.2) is 51.5 Å². The number of hydrogen-bond acceptors (Lipinski definition) is 6. The summed E-state index contributed by atoms with van der Waals surface area (Å²) in [5.74, 6) is 0. The Kier molecular flexibility index (Phi) is 8.77. The molecular weight excluding hydrogens is 274 g/mol. The minimum Gasteiger partial charge on any atom is -0.380 e. The molecule has 0 fully saturated rings. The topological polar surface area (TPSA) is 46.6 Å². The lowest BCUT2D eigenvalue weighted by Crippen LogP contribution is -2.31. The normalized spacial score (nSPS) is 11.0. The molecular formula is C14H27N3O2S. The molecule has 1 aromatic rings. The van der Waals surface area contributed by atoms with Gasteiger partial charge in [0, 0.05) is 37.7 Å². The smallest absolute Gasteiger partial charge is 0.185 e. The van der Waals surface area contributed by atoms with E-state index in [4.69, 9.17) is 9.47 Å². The molecule has 1 N–H and O–H groups in total. The van der Waals surface area contributed by atoms with E-state index < -0.39 is 0 Å². The third kappa shape index (κ3) is 5.75. The molecule has 116 valence electrons. The van der Waals surface area contributed by atoms with E-state index in [-0.39, 0.29) is 0 Å². The summed E-state index contributed by atoms with van der Waals surface area (Å²) in [4.78, 5) is 8.22. The molecule has 0 amide bonds. The molecule has 1 rings (SSSR count). The van der Waals surface area contributed by atoms with E-state index in [9.17, 15) is 0 Å². The van der Waals surface area contributed by atoms with Gasteiger partial charge in [-0.25, -0.2) is 4.98 Å². The second-order valence-corrected chi connectivity index (χ2v) is 5.48. The molecule has 0 atom stereocenters. The van der Waals surface area contributed by atoms with Gasteiger partial charge >= 0.3 is 0 Å². The summed E-state index contributed by atoms with van der Waals surface area (Å²) < 4.78 is 10.9. The lowest BCUT2D eigenvalue weighted by Gasteiger charge is -2.21. The number of nitrogens with zero attached hydrogens (tertiary/aromatic N) is 2. The van der Waals surface area contributed by atoms with Crippen molar-refractivity contribution in [3.05, 3.63) is 10.6 Å². The first-order valence-corrected chi connectivity index (χ1v) is 8.05. The summed E-state index contributed by atoms with van der Waals surface area (Å²) in [7, 11) is 1.96. The zero-order chi connectivity index (χ0) is 14.8. The Morgan fingerprint density at radius 2 is 1.75 bits per heavy atom. The second-order valence-electron chi connectivity index (χ2n) is 4.42. The van der Waals surface area contributed by atoms with Gasteiger partial charge in [-0.2, -0.15) is 0 Å². The maximum absolute atomic E-state index is 5.46. The van der Waals surface area contributed by atoms with E-state index in [0.717, 1.165) is 56.9 Å². The zero-order valence-corrected chi connectivity index (χ0v) is 13.9. The van der Waals surface area contributed by atoms with Crippen molar-refractivity contribution in [3.8, 4) is 0 Å². The Morgan fingerprint density at radius 1 is 1.15 bits per heavy atom. The zero-order valence-electron chi connectivity index (χ0n) is 13.1. The Morgan fingerprint density at radius 3 is 2.25 bits per heavy atom. The Bertz CT molecular complexity index is 361. The highest BCUT2D eigenvalue weighted by atomic mass is 32.1. The van der Waals surface area contributed by atoms with Crippen LogP contribution in [0.15, 0.2) is 0 Å². The molecule has 1 aromatic heterocycles. The predicted molar refractivity (Wildman–Crippen MR) is 84.8 cm³/mol. The number of hydrogen-bond donors (Lipinski definition) is 1. The van der Waals surface area contributed by atoms with Crippen LogP contribution in [0.5, 0.6) is 0 Å². The van der Waals surface area contributed by atoms with Crippen molar-refractivity contribution in [1.82, 2.24) is 10.3 Å². The van der Waals surface area contributed by atoms with E-state index in [1.54, 1.807) is 11.3 Å². The van der Waals surface area contributed by atoms with Crippen molar-refractivity contribution in [2.75, 3.05) is 51.5 Å². The Balaban J connectivity index is 2.66. The molecule has 0 saturated carbocycles. The van der Waals surface area contributed by atoms with Gasteiger partial charge < -0.3 is 19.7 Å². The minimum absolute atomic E-state index is 0.725. The molecule has 1 heterocycles. The average molecular weight is 301 g/mol.